The van der Waals surface area contributed by atoms with Crippen LogP contribution >= 0.6 is 0 Å². The lowest BCUT2D eigenvalue weighted by Gasteiger charge is -2.32. The van der Waals surface area contributed by atoms with E-state index in [9.17, 15) is 18.0 Å². The fraction of sp³-hybridized carbons (Fsp3) is 0.417. The third kappa shape index (κ3) is 8.60. The average Bonchev–Trinajstić information content (AvgIpc) is 2.79. The molecule has 0 saturated heterocycles. The van der Waals surface area contributed by atoms with E-state index in [-0.39, 0.29) is 19.0 Å². The number of sulfonamides is 1. The molecular weight excluding hydrogens is 442 g/mol. The lowest BCUT2D eigenvalue weighted by Crippen LogP contribution is -2.47. The second kappa shape index (κ2) is 13.1. The number of carbonyl (C=O) groups excluding carboxylic acids is 2. The molecule has 1 N–H and O–H groups in total. The number of hydrogen-bond donors (Lipinski definition) is 1. The Balaban J connectivity index is 2.36. The molecule has 0 fully saturated rings. The molecule has 9 heteroatoms. The van der Waals surface area contributed by atoms with Crippen molar-refractivity contribution in [1.82, 2.24) is 14.5 Å². The van der Waals surface area contributed by atoms with Crippen molar-refractivity contribution in [2.75, 3.05) is 39.6 Å². The minimum Gasteiger partial charge on any atom is -0.382 e. The summed E-state index contributed by atoms with van der Waals surface area (Å²) in [7, 11) is -2.22. The number of benzene rings is 2. The van der Waals surface area contributed by atoms with Crippen molar-refractivity contribution in [2.24, 2.45) is 0 Å². The highest BCUT2D eigenvalue weighted by Crippen LogP contribution is 2.24. The molecule has 8 nitrogen and oxygen atoms in total. The fourth-order valence-corrected chi connectivity index (χ4v) is 3.58. The number of carbonyl (C=O) groups is 2. The molecule has 180 valence electrons. The highest BCUT2D eigenvalue weighted by Gasteiger charge is 2.32. The summed E-state index contributed by atoms with van der Waals surface area (Å²) in [4.78, 5) is 28.1. The number of ether oxygens (including phenoxy) is 1. The Hall–Kier alpha value is -2.75. The summed E-state index contributed by atoms with van der Waals surface area (Å²) in [6.45, 7) is 3.23. The molecule has 2 rings (SSSR count). The molecule has 0 spiro atoms. The molecule has 1 atom stereocenters. The van der Waals surface area contributed by atoms with Gasteiger partial charge in [-0.1, -0.05) is 60.7 Å². The number of amides is 2. The van der Waals surface area contributed by atoms with Gasteiger partial charge in [0, 0.05) is 33.4 Å². The second-order valence-corrected chi connectivity index (χ2v) is 9.77. The number of rotatable bonds is 13. The van der Waals surface area contributed by atoms with Crippen molar-refractivity contribution in [3.05, 3.63) is 71.8 Å². The van der Waals surface area contributed by atoms with Gasteiger partial charge in [-0.2, -0.15) is 4.31 Å². The van der Waals surface area contributed by atoms with Gasteiger partial charge < -0.3 is 15.0 Å². The van der Waals surface area contributed by atoms with Crippen LogP contribution in [0.5, 0.6) is 0 Å². The Morgan fingerprint density at radius 2 is 1.64 bits per heavy atom. The van der Waals surface area contributed by atoms with E-state index in [4.69, 9.17) is 4.74 Å². The molecule has 0 aliphatic carbocycles. The van der Waals surface area contributed by atoms with E-state index in [0.717, 1.165) is 16.1 Å². The predicted molar refractivity (Wildman–Crippen MR) is 128 cm³/mol. The van der Waals surface area contributed by atoms with Gasteiger partial charge in [0.1, 0.15) is 6.04 Å². The van der Waals surface area contributed by atoms with Crippen LogP contribution in [-0.2, 0) is 30.9 Å². The van der Waals surface area contributed by atoms with E-state index in [1.807, 2.05) is 43.3 Å². The monoisotopic (exact) mass is 475 g/mol. The van der Waals surface area contributed by atoms with Crippen LogP contribution in [0.4, 0.5) is 0 Å². The summed E-state index contributed by atoms with van der Waals surface area (Å²) in [5, 5.41) is 2.90. The first kappa shape index (κ1) is 26.5. The molecule has 0 saturated carbocycles. The van der Waals surface area contributed by atoms with Crippen LogP contribution in [0, 0.1) is 0 Å². The smallest absolute Gasteiger partial charge is 0.247 e. The predicted octanol–water partition coefficient (Wildman–Crippen LogP) is 2.19. The molecule has 0 unspecified atom stereocenters. The third-order valence-corrected chi connectivity index (χ3v) is 6.35. The van der Waals surface area contributed by atoms with E-state index >= 15 is 0 Å². The number of likely N-dealkylation sites (N-methyl/N-ethyl adjacent to an activating group) is 1. The molecule has 0 heterocycles. The van der Waals surface area contributed by atoms with E-state index in [0.29, 0.717) is 31.7 Å². The summed E-state index contributed by atoms with van der Waals surface area (Å²) >= 11 is 0. The van der Waals surface area contributed by atoms with Crippen LogP contribution in [0.25, 0.3) is 0 Å². The average molecular weight is 476 g/mol. The number of hydrogen-bond acceptors (Lipinski definition) is 5. The van der Waals surface area contributed by atoms with Gasteiger partial charge in [0.15, 0.2) is 0 Å². The first-order chi connectivity index (χ1) is 15.7. The normalized spacial score (nSPS) is 12.4. The van der Waals surface area contributed by atoms with Crippen molar-refractivity contribution >= 4 is 21.8 Å². The van der Waals surface area contributed by atoms with Crippen LogP contribution in [0.15, 0.2) is 60.7 Å². The molecule has 2 aromatic rings. The maximum atomic E-state index is 13.4. The highest BCUT2D eigenvalue weighted by atomic mass is 32.2. The highest BCUT2D eigenvalue weighted by molar-refractivity contribution is 7.88. The minimum absolute atomic E-state index is 0.156. The molecule has 0 bridgehead atoms. The zero-order valence-electron chi connectivity index (χ0n) is 19.4. The van der Waals surface area contributed by atoms with Gasteiger partial charge >= 0.3 is 0 Å². The van der Waals surface area contributed by atoms with Crippen molar-refractivity contribution < 1.29 is 22.7 Å². The van der Waals surface area contributed by atoms with Gasteiger partial charge in [-0.05, 0) is 24.5 Å². The molecule has 2 aromatic carbocycles. The van der Waals surface area contributed by atoms with Crippen LogP contribution < -0.4 is 5.32 Å². The van der Waals surface area contributed by atoms with Gasteiger partial charge in [0.25, 0.3) is 0 Å². The van der Waals surface area contributed by atoms with Gasteiger partial charge in [-0.25, -0.2) is 8.42 Å². The zero-order valence-corrected chi connectivity index (χ0v) is 20.3. The zero-order chi connectivity index (χ0) is 24.3. The first-order valence-corrected chi connectivity index (χ1v) is 12.7. The molecule has 0 aliphatic rings. The Bertz CT molecular complexity index is 984. The Kier molecular flexibility index (Phi) is 10.5. The third-order valence-electron chi connectivity index (χ3n) is 5.08. The molecule has 0 aliphatic heterocycles. The van der Waals surface area contributed by atoms with Crippen LogP contribution in [-0.4, -0.2) is 69.0 Å². The Labute approximate surface area is 196 Å². The summed E-state index contributed by atoms with van der Waals surface area (Å²) in [5.41, 5.74) is 1.48. The molecule has 0 aromatic heterocycles. The quantitative estimate of drug-likeness (QED) is 0.448. The minimum atomic E-state index is -3.57. The first-order valence-electron chi connectivity index (χ1n) is 10.9. The van der Waals surface area contributed by atoms with Gasteiger partial charge in [-0.15, -0.1) is 0 Å². The van der Waals surface area contributed by atoms with Crippen LogP contribution in [0.2, 0.25) is 0 Å². The van der Waals surface area contributed by atoms with Crippen LogP contribution in [0.1, 0.15) is 30.5 Å². The molecular formula is C24H33N3O5S. The van der Waals surface area contributed by atoms with E-state index in [2.05, 4.69) is 5.32 Å². The van der Waals surface area contributed by atoms with Gasteiger partial charge in [-0.3, -0.25) is 9.59 Å². The van der Waals surface area contributed by atoms with E-state index in [1.54, 1.807) is 24.3 Å². The van der Waals surface area contributed by atoms with Gasteiger partial charge in [0.05, 0.1) is 12.8 Å². The Morgan fingerprint density at radius 1 is 1.03 bits per heavy atom. The van der Waals surface area contributed by atoms with Crippen molar-refractivity contribution in [2.45, 2.75) is 25.9 Å². The summed E-state index contributed by atoms with van der Waals surface area (Å²) in [6, 6.07) is 17.4. The number of nitrogens with one attached hydrogen (secondary N) is 1. The largest absolute Gasteiger partial charge is 0.382 e. The van der Waals surface area contributed by atoms with E-state index < -0.39 is 22.0 Å². The maximum absolute atomic E-state index is 13.4. The Morgan fingerprint density at radius 3 is 2.21 bits per heavy atom. The summed E-state index contributed by atoms with van der Waals surface area (Å²) in [5.74, 6) is -0.797. The molecule has 2 amide bonds. The standard InChI is InChI=1S/C24H33N3O5S/c1-4-32-17-11-16-25-24(29)23(21-14-9-6-10-15-21)27(18-20-12-7-5-8-13-20)22(28)19-26(2)33(3,30)31/h5-10,12-15,23H,4,11,16-19H2,1-3H3,(H,25,29)/t23-/m1/s1. The SMILES string of the molecule is CCOCCCNC(=O)[C@@H](c1ccccc1)N(Cc1ccccc1)C(=O)CN(C)S(C)(=O)=O. The second-order valence-electron chi connectivity index (χ2n) is 7.68. The van der Waals surface area contributed by atoms with Crippen molar-refractivity contribution in [1.29, 1.82) is 0 Å². The van der Waals surface area contributed by atoms with Crippen LogP contribution in [0.3, 0.4) is 0 Å². The lowest BCUT2D eigenvalue weighted by atomic mass is 10.0. The van der Waals surface area contributed by atoms with E-state index in [1.165, 1.54) is 11.9 Å². The lowest BCUT2D eigenvalue weighted by molar-refractivity contribution is -0.141. The van der Waals surface area contributed by atoms with Crippen molar-refractivity contribution in [3.8, 4) is 0 Å². The summed E-state index contributed by atoms with van der Waals surface area (Å²) < 4.78 is 30.1. The molecule has 0 radical (unpaired) electrons. The van der Waals surface area contributed by atoms with Gasteiger partial charge in [0.2, 0.25) is 21.8 Å². The topological polar surface area (TPSA) is 96.0 Å². The summed E-state index contributed by atoms with van der Waals surface area (Å²) in [6.07, 6.45) is 1.69. The van der Waals surface area contributed by atoms with Crippen molar-refractivity contribution in [3.63, 3.8) is 0 Å². The fourth-order valence-electron chi connectivity index (χ4n) is 3.24. The molecule has 33 heavy (non-hydrogen) atoms. The maximum Gasteiger partial charge on any atom is 0.247 e. The number of nitrogens with zero attached hydrogens (tertiary/aromatic N) is 2.